The molecule has 0 amide bonds. The number of hydrogen-bond acceptors (Lipinski definition) is 1. The standard InChI is InChI=1S/C25H18N2/c1-3-9-19(10-4-1)23-17-22(18-24(26-23)20-11-5-2-6-12-20)27-16-15-21-13-7-8-14-25(21)27/h1-18H. The van der Waals surface area contributed by atoms with Crippen LogP contribution < -0.4 is 0 Å². The Morgan fingerprint density at radius 3 is 1.74 bits per heavy atom. The first-order valence-corrected chi connectivity index (χ1v) is 9.08. The summed E-state index contributed by atoms with van der Waals surface area (Å²) >= 11 is 0. The number of nitrogens with zero attached hydrogens (tertiary/aromatic N) is 2. The number of rotatable bonds is 3. The normalized spacial score (nSPS) is 11.0. The third-order valence-corrected chi connectivity index (χ3v) is 4.83. The first-order chi connectivity index (χ1) is 13.4. The molecule has 2 heterocycles. The quantitative estimate of drug-likeness (QED) is 0.372. The molecule has 0 saturated carbocycles. The van der Waals surface area contributed by atoms with E-state index in [4.69, 9.17) is 4.98 Å². The van der Waals surface area contributed by atoms with E-state index < -0.39 is 0 Å². The van der Waals surface area contributed by atoms with Crippen molar-refractivity contribution in [1.29, 1.82) is 0 Å². The van der Waals surface area contributed by atoms with Crippen LogP contribution in [0.25, 0.3) is 39.1 Å². The van der Waals surface area contributed by atoms with E-state index in [1.165, 1.54) is 10.9 Å². The van der Waals surface area contributed by atoms with E-state index >= 15 is 0 Å². The van der Waals surface area contributed by atoms with Gasteiger partial charge in [-0.3, -0.25) is 0 Å². The Kier molecular flexibility index (Phi) is 3.80. The Balaban J connectivity index is 1.76. The molecule has 0 aliphatic rings. The van der Waals surface area contributed by atoms with Gasteiger partial charge in [0.1, 0.15) is 0 Å². The van der Waals surface area contributed by atoms with Gasteiger partial charge in [-0.2, -0.15) is 0 Å². The second-order valence-electron chi connectivity index (χ2n) is 6.57. The monoisotopic (exact) mass is 346 g/mol. The topological polar surface area (TPSA) is 17.8 Å². The molecule has 0 saturated heterocycles. The van der Waals surface area contributed by atoms with Gasteiger partial charge in [0.05, 0.1) is 16.9 Å². The molecule has 5 rings (SSSR count). The molecule has 0 unspecified atom stereocenters. The Morgan fingerprint density at radius 1 is 0.556 bits per heavy atom. The average Bonchev–Trinajstić information content (AvgIpc) is 3.19. The Hall–Kier alpha value is -3.65. The fraction of sp³-hybridized carbons (Fsp3) is 0. The molecule has 2 aromatic heterocycles. The largest absolute Gasteiger partial charge is 0.316 e. The summed E-state index contributed by atoms with van der Waals surface area (Å²) in [4.78, 5) is 4.95. The molecule has 128 valence electrons. The fourth-order valence-electron chi connectivity index (χ4n) is 3.48. The number of benzene rings is 3. The van der Waals surface area contributed by atoms with Crippen LogP contribution in [0.3, 0.4) is 0 Å². The molecule has 2 nitrogen and oxygen atoms in total. The fourth-order valence-corrected chi connectivity index (χ4v) is 3.48. The molecule has 5 aromatic rings. The van der Waals surface area contributed by atoms with E-state index in [1.807, 2.05) is 12.1 Å². The van der Waals surface area contributed by atoms with Crippen molar-refractivity contribution in [1.82, 2.24) is 9.55 Å². The SMILES string of the molecule is c1ccc(-c2cc(-n3ccc4ccccc43)cc(-c3ccccc3)n2)cc1. The number of hydrogen-bond donors (Lipinski definition) is 0. The average molecular weight is 346 g/mol. The van der Waals surface area contributed by atoms with Crippen LogP contribution >= 0.6 is 0 Å². The third-order valence-electron chi connectivity index (χ3n) is 4.83. The molecule has 3 aromatic carbocycles. The van der Waals surface area contributed by atoms with Gasteiger partial charge in [0, 0.05) is 23.0 Å². The van der Waals surface area contributed by atoms with Crippen LogP contribution in [0.5, 0.6) is 0 Å². The maximum atomic E-state index is 4.95. The zero-order chi connectivity index (χ0) is 18.1. The Morgan fingerprint density at radius 2 is 1.11 bits per heavy atom. The van der Waals surface area contributed by atoms with E-state index in [0.29, 0.717) is 0 Å². The molecule has 0 aliphatic heterocycles. The molecule has 0 atom stereocenters. The molecule has 0 bridgehead atoms. The zero-order valence-corrected chi connectivity index (χ0v) is 14.8. The van der Waals surface area contributed by atoms with Gasteiger partial charge in [-0.15, -0.1) is 0 Å². The highest BCUT2D eigenvalue weighted by atomic mass is 15.0. The summed E-state index contributed by atoms with van der Waals surface area (Å²) in [5.41, 5.74) is 6.50. The molecular formula is C25H18N2. The summed E-state index contributed by atoms with van der Waals surface area (Å²) in [7, 11) is 0. The number of pyridine rings is 1. The van der Waals surface area contributed by atoms with Crippen molar-refractivity contribution in [2.45, 2.75) is 0 Å². The first kappa shape index (κ1) is 15.6. The predicted molar refractivity (Wildman–Crippen MR) is 112 cm³/mol. The Labute approximate surface area is 158 Å². The van der Waals surface area contributed by atoms with Gasteiger partial charge in [-0.05, 0) is 29.7 Å². The summed E-state index contributed by atoms with van der Waals surface area (Å²) < 4.78 is 2.23. The lowest BCUT2D eigenvalue weighted by molar-refractivity contribution is 1.11. The molecule has 2 heteroatoms. The van der Waals surface area contributed by atoms with Gasteiger partial charge in [-0.25, -0.2) is 4.98 Å². The molecular weight excluding hydrogens is 328 g/mol. The van der Waals surface area contributed by atoms with Gasteiger partial charge in [0.15, 0.2) is 0 Å². The molecule has 0 radical (unpaired) electrons. The summed E-state index contributed by atoms with van der Waals surface area (Å²) in [6.07, 6.45) is 2.13. The molecule has 0 fully saturated rings. The summed E-state index contributed by atoms with van der Waals surface area (Å²) in [6.45, 7) is 0. The van der Waals surface area contributed by atoms with Crippen molar-refractivity contribution in [3.63, 3.8) is 0 Å². The summed E-state index contributed by atoms with van der Waals surface area (Å²) in [6, 6.07) is 35.6. The van der Waals surface area contributed by atoms with Crippen molar-refractivity contribution in [2.75, 3.05) is 0 Å². The highest BCUT2D eigenvalue weighted by Gasteiger charge is 2.10. The minimum absolute atomic E-state index is 0.977. The van der Waals surface area contributed by atoms with Crippen molar-refractivity contribution in [3.05, 3.63) is 109 Å². The van der Waals surface area contributed by atoms with Gasteiger partial charge >= 0.3 is 0 Å². The van der Waals surface area contributed by atoms with Crippen LogP contribution in [0, 0.1) is 0 Å². The second-order valence-corrected chi connectivity index (χ2v) is 6.57. The molecule has 27 heavy (non-hydrogen) atoms. The highest BCUT2D eigenvalue weighted by Crippen LogP contribution is 2.28. The third kappa shape index (κ3) is 2.91. The van der Waals surface area contributed by atoms with Crippen molar-refractivity contribution >= 4 is 10.9 Å². The van der Waals surface area contributed by atoms with E-state index in [9.17, 15) is 0 Å². The maximum absolute atomic E-state index is 4.95. The van der Waals surface area contributed by atoms with Crippen LogP contribution in [0.4, 0.5) is 0 Å². The lowest BCUT2D eigenvalue weighted by atomic mass is 10.1. The van der Waals surface area contributed by atoms with Gasteiger partial charge in [0.2, 0.25) is 0 Å². The second kappa shape index (κ2) is 6.58. The minimum Gasteiger partial charge on any atom is -0.316 e. The lowest BCUT2D eigenvalue weighted by Gasteiger charge is -2.12. The number of para-hydroxylation sites is 1. The molecule has 0 N–H and O–H groups in total. The van der Waals surface area contributed by atoms with Crippen LogP contribution in [0.2, 0.25) is 0 Å². The van der Waals surface area contributed by atoms with Gasteiger partial charge in [0.25, 0.3) is 0 Å². The summed E-state index contributed by atoms with van der Waals surface area (Å²) in [5, 5.41) is 1.23. The van der Waals surface area contributed by atoms with Gasteiger partial charge in [-0.1, -0.05) is 78.9 Å². The summed E-state index contributed by atoms with van der Waals surface area (Å²) in [5.74, 6) is 0. The van der Waals surface area contributed by atoms with E-state index in [1.54, 1.807) is 0 Å². The van der Waals surface area contributed by atoms with Crippen LogP contribution in [0.1, 0.15) is 0 Å². The first-order valence-electron chi connectivity index (χ1n) is 9.08. The van der Waals surface area contributed by atoms with Crippen molar-refractivity contribution < 1.29 is 0 Å². The van der Waals surface area contributed by atoms with Crippen molar-refractivity contribution in [3.8, 4) is 28.2 Å². The van der Waals surface area contributed by atoms with E-state index in [0.717, 1.165) is 28.2 Å². The van der Waals surface area contributed by atoms with E-state index in [-0.39, 0.29) is 0 Å². The highest BCUT2D eigenvalue weighted by molar-refractivity contribution is 5.82. The van der Waals surface area contributed by atoms with E-state index in [2.05, 4.69) is 102 Å². The maximum Gasteiger partial charge on any atom is 0.0730 e. The number of aromatic nitrogens is 2. The molecule has 0 aliphatic carbocycles. The predicted octanol–water partition coefficient (Wildman–Crippen LogP) is 6.36. The van der Waals surface area contributed by atoms with Crippen LogP contribution in [-0.4, -0.2) is 9.55 Å². The minimum atomic E-state index is 0.977. The smallest absolute Gasteiger partial charge is 0.0730 e. The Bertz CT molecular complexity index is 1150. The van der Waals surface area contributed by atoms with Crippen LogP contribution in [0.15, 0.2) is 109 Å². The van der Waals surface area contributed by atoms with Gasteiger partial charge < -0.3 is 4.57 Å². The zero-order valence-electron chi connectivity index (χ0n) is 14.8. The lowest BCUT2D eigenvalue weighted by Crippen LogP contribution is -1.97. The molecule has 0 spiro atoms. The number of fused-ring (bicyclic) bond motifs is 1. The van der Waals surface area contributed by atoms with Crippen LogP contribution in [-0.2, 0) is 0 Å². The van der Waals surface area contributed by atoms with Crippen molar-refractivity contribution in [2.24, 2.45) is 0 Å².